The van der Waals surface area contributed by atoms with E-state index < -0.39 is 0 Å². The van der Waals surface area contributed by atoms with E-state index in [2.05, 4.69) is 44.3 Å². The van der Waals surface area contributed by atoms with Crippen LogP contribution in [-0.4, -0.2) is 11.2 Å². The zero-order valence-corrected chi connectivity index (χ0v) is 13.1. The van der Waals surface area contributed by atoms with Crippen LogP contribution in [0.15, 0.2) is 29.3 Å². The molecule has 0 saturated carbocycles. The van der Waals surface area contributed by atoms with Gasteiger partial charge in [-0.2, -0.15) is 0 Å². The van der Waals surface area contributed by atoms with Gasteiger partial charge in [0.15, 0.2) is 0 Å². The molecule has 2 nitrogen and oxygen atoms in total. The van der Waals surface area contributed by atoms with Crippen molar-refractivity contribution >= 4 is 22.8 Å². The zero-order chi connectivity index (χ0) is 14.7. The molecule has 2 aromatic rings. The van der Waals surface area contributed by atoms with Crippen LogP contribution in [0.5, 0.6) is 0 Å². The van der Waals surface area contributed by atoms with Crippen molar-refractivity contribution in [1.29, 1.82) is 0 Å². The van der Waals surface area contributed by atoms with Crippen LogP contribution in [0.1, 0.15) is 50.8 Å². The molecule has 1 aromatic heterocycles. The standard InChI is InChI=1S/C19H24N2/c1-14(2)8-7-13-20-19-15-9-3-5-11-17(15)21-18-12-6-4-10-16(18)19/h3,5,9,11,13-14H,4,6-8,10,12H2,1-2H3/b20-13-. The van der Waals surface area contributed by atoms with Crippen LogP contribution in [0, 0.1) is 5.92 Å². The van der Waals surface area contributed by atoms with Gasteiger partial charge in [-0.25, -0.2) is 0 Å². The smallest absolute Gasteiger partial charge is 0.0769 e. The van der Waals surface area contributed by atoms with Gasteiger partial charge in [-0.1, -0.05) is 32.0 Å². The molecule has 1 aliphatic carbocycles. The normalized spacial score (nSPS) is 15.0. The molecule has 1 aliphatic rings. The molecule has 21 heavy (non-hydrogen) atoms. The van der Waals surface area contributed by atoms with Crippen LogP contribution in [0.2, 0.25) is 0 Å². The van der Waals surface area contributed by atoms with E-state index in [1.54, 1.807) is 0 Å². The fourth-order valence-electron chi connectivity index (χ4n) is 3.06. The Morgan fingerprint density at radius 2 is 2.00 bits per heavy atom. The number of pyridine rings is 1. The van der Waals surface area contributed by atoms with Gasteiger partial charge in [-0.15, -0.1) is 0 Å². The summed E-state index contributed by atoms with van der Waals surface area (Å²) in [6.07, 6.45) is 9.13. The van der Waals surface area contributed by atoms with E-state index in [9.17, 15) is 0 Å². The van der Waals surface area contributed by atoms with E-state index in [-0.39, 0.29) is 0 Å². The van der Waals surface area contributed by atoms with E-state index >= 15 is 0 Å². The van der Waals surface area contributed by atoms with E-state index in [0.29, 0.717) is 0 Å². The van der Waals surface area contributed by atoms with E-state index in [1.165, 1.54) is 41.6 Å². The highest BCUT2D eigenvalue weighted by atomic mass is 14.8. The maximum atomic E-state index is 4.86. The molecule has 0 aliphatic heterocycles. The first-order valence-electron chi connectivity index (χ1n) is 8.18. The summed E-state index contributed by atoms with van der Waals surface area (Å²) in [6.45, 7) is 4.52. The lowest BCUT2D eigenvalue weighted by Gasteiger charge is -2.18. The Balaban J connectivity index is 2.01. The zero-order valence-electron chi connectivity index (χ0n) is 13.1. The molecule has 0 radical (unpaired) electrons. The third kappa shape index (κ3) is 3.15. The summed E-state index contributed by atoms with van der Waals surface area (Å²) in [5, 5.41) is 1.21. The molecule has 0 atom stereocenters. The fraction of sp³-hybridized carbons (Fsp3) is 0.474. The predicted octanol–water partition coefficient (Wildman–Crippen LogP) is 5.25. The molecule has 1 aromatic carbocycles. The van der Waals surface area contributed by atoms with Gasteiger partial charge in [0.05, 0.1) is 11.2 Å². The van der Waals surface area contributed by atoms with E-state index in [4.69, 9.17) is 9.98 Å². The van der Waals surface area contributed by atoms with Gasteiger partial charge in [-0.3, -0.25) is 9.98 Å². The highest BCUT2D eigenvalue weighted by Gasteiger charge is 2.17. The number of aryl methyl sites for hydroxylation is 1. The molecule has 0 N–H and O–H groups in total. The molecule has 0 saturated heterocycles. The molecule has 1 heterocycles. The van der Waals surface area contributed by atoms with Crippen LogP contribution in [0.25, 0.3) is 10.9 Å². The van der Waals surface area contributed by atoms with E-state index in [0.717, 1.165) is 30.7 Å². The lowest BCUT2D eigenvalue weighted by molar-refractivity contribution is 0.606. The molecule has 0 spiro atoms. The average molecular weight is 280 g/mol. The maximum absolute atomic E-state index is 4.86. The lowest BCUT2D eigenvalue weighted by atomic mass is 9.93. The Kier molecular flexibility index (Phi) is 4.33. The van der Waals surface area contributed by atoms with Gasteiger partial charge in [0.2, 0.25) is 0 Å². The van der Waals surface area contributed by atoms with Crippen LogP contribution < -0.4 is 0 Å². The number of rotatable bonds is 4. The third-order valence-corrected chi connectivity index (χ3v) is 4.23. The molecule has 2 heteroatoms. The minimum Gasteiger partial charge on any atom is -0.260 e. The van der Waals surface area contributed by atoms with Gasteiger partial charge in [0.1, 0.15) is 0 Å². The summed E-state index contributed by atoms with van der Waals surface area (Å²) < 4.78 is 0. The van der Waals surface area contributed by atoms with Crippen LogP contribution in [-0.2, 0) is 12.8 Å². The number of benzene rings is 1. The number of aliphatic imine (C=N–C) groups is 1. The van der Waals surface area contributed by atoms with Crippen molar-refractivity contribution in [1.82, 2.24) is 4.98 Å². The van der Waals surface area contributed by atoms with Crippen molar-refractivity contribution < 1.29 is 0 Å². The van der Waals surface area contributed by atoms with Gasteiger partial charge in [0, 0.05) is 17.3 Å². The second kappa shape index (κ2) is 6.38. The Hall–Kier alpha value is -1.70. The van der Waals surface area contributed by atoms with Crippen molar-refractivity contribution in [3.8, 4) is 0 Å². The Labute approximate surface area is 127 Å². The van der Waals surface area contributed by atoms with Crippen molar-refractivity contribution in [2.24, 2.45) is 10.9 Å². The van der Waals surface area contributed by atoms with Gasteiger partial charge < -0.3 is 0 Å². The number of hydrogen-bond acceptors (Lipinski definition) is 2. The second-order valence-electron chi connectivity index (χ2n) is 6.39. The first-order chi connectivity index (χ1) is 10.3. The molecule has 0 bridgehead atoms. The molecule has 0 amide bonds. The third-order valence-electron chi connectivity index (χ3n) is 4.23. The van der Waals surface area contributed by atoms with Crippen LogP contribution in [0.3, 0.4) is 0 Å². The molecular weight excluding hydrogens is 256 g/mol. The summed E-state index contributed by atoms with van der Waals surface area (Å²) in [5.74, 6) is 0.736. The number of para-hydroxylation sites is 1. The topological polar surface area (TPSA) is 25.2 Å². The monoisotopic (exact) mass is 280 g/mol. The summed E-state index contributed by atoms with van der Waals surface area (Å²) in [6, 6.07) is 8.42. The summed E-state index contributed by atoms with van der Waals surface area (Å²) in [4.78, 5) is 9.71. The molecule has 110 valence electrons. The molecule has 0 fully saturated rings. The number of nitrogens with zero attached hydrogens (tertiary/aromatic N) is 2. The quantitative estimate of drug-likeness (QED) is 0.702. The van der Waals surface area contributed by atoms with Crippen molar-refractivity contribution in [2.45, 2.75) is 52.4 Å². The van der Waals surface area contributed by atoms with E-state index in [1.807, 2.05) is 0 Å². The van der Waals surface area contributed by atoms with Gasteiger partial charge in [-0.05, 0) is 56.1 Å². The molecule has 3 rings (SSSR count). The average Bonchev–Trinajstić information content (AvgIpc) is 2.50. The summed E-state index contributed by atoms with van der Waals surface area (Å²) in [7, 11) is 0. The second-order valence-corrected chi connectivity index (χ2v) is 6.39. The maximum Gasteiger partial charge on any atom is 0.0769 e. The minimum atomic E-state index is 0.736. The molecular formula is C19H24N2. The lowest BCUT2D eigenvalue weighted by Crippen LogP contribution is -2.06. The van der Waals surface area contributed by atoms with Crippen molar-refractivity contribution in [3.05, 3.63) is 35.5 Å². The Morgan fingerprint density at radius 1 is 1.19 bits per heavy atom. The Bertz CT molecular complexity index is 656. The number of hydrogen-bond donors (Lipinski definition) is 0. The fourth-order valence-corrected chi connectivity index (χ4v) is 3.06. The van der Waals surface area contributed by atoms with Crippen LogP contribution in [0.4, 0.5) is 5.69 Å². The van der Waals surface area contributed by atoms with Crippen LogP contribution >= 0.6 is 0 Å². The van der Waals surface area contributed by atoms with Crippen molar-refractivity contribution in [2.75, 3.05) is 0 Å². The first kappa shape index (κ1) is 14.2. The highest BCUT2D eigenvalue weighted by Crippen LogP contribution is 2.35. The highest BCUT2D eigenvalue weighted by molar-refractivity contribution is 5.93. The minimum absolute atomic E-state index is 0.736. The number of aromatic nitrogens is 1. The number of fused-ring (bicyclic) bond motifs is 2. The van der Waals surface area contributed by atoms with Gasteiger partial charge >= 0.3 is 0 Å². The van der Waals surface area contributed by atoms with Crippen molar-refractivity contribution in [3.63, 3.8) is 0 Å². The summed E-state index contributed by atoms with van der Waals surface area (Å²) >= 11 is 0. The summed E-state index contributed by atoms with van der Waals surface area (Å²) in [5.41, 5.74) is 4.94. The predicted molar refractivity (Wildman–Crippen MR) is 90.6 cm³/mol. The largest absolute Gasteiger partial charge is 0.260 e. The van der Waals surface area contributed by atoms with Gasteiger partial charge in [0.25, 0.3) is 0 Å². The first-order valence-corrected chi connectivity index (χ1v) is 8.18. The molecule has 0 unspecified atom stereocenters. The Morgan fingerprint density at radius 3 is 2.86 bits per heavy atom. The SMILES string of the molecule is CC(C)CC/C=N\c1c2c(nc3ccccc13)CCCC2.